The quantitative estimate of drug-likeness (QED) is 0.471. The summed E-state index contributed by atoms with van der Waals surface area (Å²) in [5, 5.41) is 5.14. The summed E-state index contributed by atoms with van der Waals surface area (Å²) < 4.78 is 5.15. The zero-order valence-corrected chi connectivity index (χ0v) is 11.3. The average Bonchev–Trinajstić information content (AvgIpc) is 3.10. The van der Waals surface area contributed by atoms with Crippen LogP contribution in [0.4, 0.5) is 0 Å². The molecular formula is C16H14N2O3. The number of furan rings is 1. The minimum atomic E-state index is -0.190. The molecular weight excluding hydrogens is 268 g/mol. The fourth-order valence-corrected chi connectivity index (χ4v) is 4.53. The predicted octanol–water partition coefficient (Wildman–Crippen LogP) is 1.67. The Bertz CT molecular complexity index is 654. The van der Waals surface area contributed by atoms with Crippen molar-refractivity contribution in [1.29, 1.82) is 0 Å². The number of carbonyl (C=O) groups excluding carboxylic acids is 2. The Morgan fingerprint density at radius 2 is 1.81 bits per heavy atom. The highest BCUT2D eigenvalue weighted by atomic mass is 16.3. The summed E-state index contributed by atoms with van der Waals surface area (Å²) in [5.74, 6) is 1.59. The van der Waals surface area contributed by atoms with Crippen LogP contribution in [0, 0.1) is 35.5 Å². The van der Waals surface area contributed by atoms with Gasteiger partial charge in [-0.05, 0) is 42.2 Å². The molecule has 0 N–H and O–H groups in total. The van der Waals surface area contributed by atoms with Gasteiger partial charge < -0.3 is 4.42 Å². The first-order chi connectivity index (χ1) is 10.3. The van der Waals surface area contributed by atoms with E-state index in [4.69, 9.17) is 4.42 Å². The Morgan fingerprint density at radius 3 is 2.38 bits per heavy atom. The number of nitrogens with zero attached hydrogens (tertiary/aromatic N) is 2. The molecule has 21 heavy (non-hydrogen) atoms. The van der Waals surface area contributed by atoms with Gasteiger partial charge in [-0.25, -0.2) is 0 Å². The van der Waals surface area contributed by atoms with E-state index in [9.17, 15) is 9.59 Å². The van der Waals surface area contributed by atoms with Crippen LogP contribution in [0.3, 0.4) is 0 Å². The standard InChI is InChI=1S/C16H14N2O3/c19-15-13-9-3-4-10(12-6-11(9)12)14(13)16(20)18(15)17-7-8-2-1-5-21-8/h1-5,7,9-14H,6H2/t9-,10-,11-,12+,13+,14+/m0/s1. The number of carbonyl (C=O) groups is 2. The van der Waals surface area contributed by atoms with Crippen LogP contribution in [0.5, 0.6) is 0 Å². The van der Waals surface area contributed by atoms with E-state index in [1.54, 1.807) is 12.1 Å². The molecule has 5 nitrogen and oxygen atoms in total. The Labute approximate surface area is 121 Å². The number of hydrazone groups is 1. The molecule has 2 amide bonds. The van der Waals surface area contributed by atoms with E-state index in [1.807, 2.05) is 0 Å². The van der Waals surface area contributed by atoms with Gasteiger partial charge in [-0.1, -0.05) is 12.2 Å². The van der Waals surface area contributed by atoms with Crippen LogP contribution in [0.15, 0.2) is 40.1 Å². The van der Waals surface area contributed by atoms with Gasteiger partial charge in [0, 0.05) is 0 Å². The molecule has 1 aliphatic heterocycles. The van der Waals surface area contributed by atoms with Gasteiger partial charge in [-0.2, -0.15) is 10.1 Å². The van der Waals surface area contributed by atoms with Gasteiger partial charge >= 0.3 is 0 Å². The fraction of sp³-hybridized carbons (Fsp3) is 0.438. The molecule has 2 bridgehead atoms. The molecule has 2 heterocycles. The number of amides is 2. The molecule has 6 rings (SSSR count). The van der Waals surface area contributed by atoms with Crippen molar-refractivity contribution in [2.75, 3.05) is 0 Å². The van der Waals surface area contributed by atoms with Crippen molar-refractivity contribution in [2.45, 2.75) is 6.42 Å². The van der Waals surface area contributed by atoms with Crippen LogP contribution in [-0.2, 0) is 9.59 Å². The van der Waals surface area contributed by atoms with Crippen molar-refractivity contribution in [2.24, 2.45) is 40.6 Å². The van der Waals surface area contributed by atoms with Crippen molar-refractivity contribution < 1.29 is 14.0 Å². The summed E-state index contributed by atoms with van der Waals surface area (Å²) in [6.07, 6.45) is 8.46. The Kier molecular flexibility index (Phi) is 2.04. The first-order valence-electron chi connectivity index (χ1n) is 7.39. The van der Waals surface area contributed by atoms with Gasteiger partial charge in [0.1, 0.15) is 5.76 Å². The highest BCUT2D eigenvalue weighted by Crippen LogP contribution is 2.65. The molecule has 0 radical (unpaired) electrons. The van der Waals surface area contributed by atoms with E-state index in [2.05, 4.69) is 17.3 Å². The fourth-order valence-electron chi connectivity index (χ4n) is 4.53. The number of hydrogen-bond donors (Lipinski definition) is 0. The lowest BCUT2D eigenvalue weighted by atomic mass is 9.63. The van der Waals surface area contributed by atoms with E-state index >= 15 is 0 Å². The van der Waals surface area contributed by atoms with Crippen LogP contribution >= 0.6 is 0 Å². The molecule has 0 unspecified atom stereocenters. The molecule has 0 aromatic carbocycles. The van der Waals surface area contributed by atoms with E-state index in [0.717, 1.165) is 5.01 Å². The van der Waals surface area contributed by atoms with E-state index in [0.29, 0.717) is 17.6 Å². The van der Waals surface area contributed by atoms with E-state index in [-0.39, 0.29) is 35.5 Å². The van der Waals surface area contributed by atoms with Gasteiger partial charge in [-0.15, -0.1) is 0 Å². The maximum atomic E-state index is 12.6. The summed E-state index contributed by atoms with van der Waals surface area (Å²) in [7, 11) is 0. The maximum Gasteiger partial charge on any atom is 0.254 e. The largest absolute Gasteiger partial charge is 0.463 e. The summed E-state index contributed by atoms with van der Waals surface area (Å²) in [6.45, 7) is 0. The van der Waals surface area contributed by atoms with E-state index in [1.165, 1.54) is 18.9 Å². The number of allylic oxidation sites excluding steroid dienone is 2. The normalized spacial score (nSPS) is 42.8. The third kappa shape index (κ3) is 1.38. The number of rotatable bonds is 2. The zero-order valence-electron chi connectivity index (χ0n) is 11.3. The monoisotopic (exact) mass is 282 g/mol. The highest BCUT2D eigenvalue weighted by molar-refractivity contribution is 6.06. The van der Waals surface area contributed by atoms with Crippen molar-refractivity contribution in [3.8, 4) is 0 Å². The number of hydrogen-bond acceptors (Lipinski definition) is 4. The van der Waals surface area contributed by atoms with Crippen LogP contribution in [0.25, 0.3) is 0 Å². The molecule has 6 atom stereocenters. The molecule has 5 heteroatoms. The Balaban J connectivity index is 1.48. The molecule has 5 aliphatic rings. The molecule has 3 fully saturated rings. The molecule has 1 aromatic heterocycles. The summed E-state index contributed by atoms with van der Waals surface area (Å²) in [4.78, 5) is 25.2. The van der Waals surface area contributed by atoms with Crippen LogP contribution in [0.2, 0.25) is 0 Å². The van der Waals surface area contributed by atoms with Crippen molar-refractivity contribution in [1.82, 2.24) is 5.01 Å². The maximum absolute atomic E-state index is 12.6. The lowest BCUT2D eigenvalue weighted by Gasteiger charge is -2.37. The third-order valence-electron chi connectivity index (χ3n) is 5.48. The average molecular weight is 282 g/mol. The molecule has 1 aromatic rings. The molecule has 1 saturated heterocycles. The smallest absolute Gasteiger partial charge is 0.254 e. The van der Waals surface area contributed by atoms with Gasteiger partial charge in [-0.3, -0.25) is 9.59 Å². The molecule has 106 valence electrons. The Morgan fingerprint density at radius 1 is 1.14 bits per heavy atom. The van der Waals surface area contributed by atoms with Crippen molar-refractivity contribution in [3.63, 3.8) is 0 Å². The molecule has 0 spiro atoms. The highest BCUT2D eigenvalue weighted by Gasteiger charge is 2.67. The summed E-state index contributed by atoms with van der Waals surface area (Å²) >= 11 is 0. The molecule has 2 saturated carbocycles. The second-order valence-corrected chi connectivity index (χ2v) is 6.40. The summed E-state index contributed by atoms with van der Waals surface area (Å²) in [6, 6.07) is 3.48. The van der Waals surface area contributed by atoms with Gasteiger partial charge in [0.25, 0.3) is 11.8 Å². The van der Waals surface area contributed by atoms with Crippen molar-refractivity contribution in [3.05, 3.63) is 36.3 Å². The second kappa shape index (κ2) is 3.72. The lowest BCUT2D eigenvalue weighted by molar-refractivity contribution is -0.140. The number of imide groups is 1. The second-order valence-electron chi connectivity index (χ2n) is 6.40. The summed E-state index contributed by atoms with van der Waals surface area (Å²) in [5.41, 5.74) is 0. The molecule has 4 aliphatic carbocycles. The first kappa shape index (κ1) is 11.5. The van der Waals surface area contributed by atoms with Gasteiger partial charge in [0.15, 0.2) is 0 Å². The minimum absolute atomic E-state index is 0.141. The van der Waals surface area contributed by atoms with Crippen LogP contribution in [0.1, 0.15) is 12.2 Å². The van der Waals surface area contributed by atoms with Gasteiger partial charge in [0.05, 0.1) is 24.3 Å². The Hall–Kier alpha value is -2.17. The minimum Gasteiger partial charge on any atom is -0.463 e. The van der Waals surface area contributed by atoms with Crippen molar-refractivity contribution >= 4 is 18.0 Å². The van der Waals surface area contributed by atoms with Crippen LogP contribution < -0.4 is 0 Å². The van der Waals surface area contributed by atoms with Gasteiger partial charge in [0.2, 0.25) is 0 Å². The topological polar surface area (TPSA) is 62.9 Å². The predicted molar refractivity (Wildman–Crippen MR) is 72.9 cm³/mol. The zero-order chi connectivity index (χ0) is 14.1. The SMILES string of the molecule is O=C1[C@@H]2[C@H]3C=C[C@@H]([C@@H]4C[C@H]34)[C@H]2C(=O)N1N=Cc1ccco1. The first-order valence-corrected chi connectivity index (χ1v) is 7.39. The van der Waals surface area contributed by atoms with Crippen LogP contribution in [-0.4, -0.2) is 23.0 Å². The lowest BCUT2D eigenvalue weighted by Crippen LogP contribution is -2.40. The van der Waals surface area contributed by atoms with E-state index < -0.39 is 0 Å². The third-order valence-corrected chi connectivity index (χ3v) is 5.48.